The van der Waals surface area contributed by atoms with Crippen molar-refractivity contribution in [1.29, 1.82) is 0 Å². The Kier molecular flexibility index (Phi) is 16.3. The fourth-order valence-corrected chi connectivity index (χ4v) is 19.7. The molecule has 22 rings (SSSR count). The number of anilines is 12. The zero-order valence-electron chi connectivity index (χ0n) is 67.6. The van der Waals surface area contributed by atoms with Gasteiger partial charge in [0.25, 0.3) is 0 Å². The maximum absolute atomic E-state index is 2.59. The molecule has 6 nitrogen and oxygen atoms in total. The third kappa shape index (κ3) is 10.9. The van der Waals surface area contributed by atoms with Gasteiger partial charge in [0.15, 0.2) is 0 Å². The maximum atomic E-state index is 2.59. The number of benzene rings is 18. The van der Waals surface area contributed by atoms with E-state index in [2.05, 4.69) is 460 Å². The molecule has 0 radical (unpaired) electrons. The van der Waals surface area contributed by atoms with Gasteiger partial charge in [-0.15, -0.1) is 0 Å². The van der Waals surface area contributed by atoms with Gasteiger partial charge in [0.2, 0.25) is 0 Å². The number of rotatable bonds is 16. The fraction of sp³-hybridized carbons (Fsp3) is 0.107. The third-order valence-electron chi connectivity index (χ3n) is 25.9. The van der Waals surface area contributed by atoms with Gasteiger partial charge in [0.05, 0.1) is 55.8 Å². The molecule has 0 N–H and O–H groups in total. The van der Waals surface area contributed by atoms with Gasteiger partial charge in [-0.05, 0) is 188 Å². The quantitative estimate of drug-likeness (QED) is 0.0961. The summed E-state index contributed by atoms with van der Waals surface area (Å²) < 4.78 is 5.18. The Morgan fingerprint density at radius 3 is 0.746 bits per heavy atom. The lowest BCUT2D eigenvalue weighted by Crippen LogP contribution is -2.25. The molecule has 0 aliphatic carbocycles. The van der Waals surface area contributed by atoms with Gasteiger partial charge < -0.3 is 28.4 Å². The van der Waals surface area contributed by atoms with Crippen LogP contribution in [-0.2, 0) is 10.8 Å². The zero-order chi connectivity index (χ0) is 79.4. The first kappa shape index (κ1) is 70.4. The van der Waals surface area contributed by atoms with Gasteiger partial charge in [-0.3, -0.25) is 0 Å². The van der Waals surface area contributed by atoms with Gasteiger partial charge in [-0.1, -0.05) is 310 Å². The highest BCUT2D eigenvalue weighted by atomic mass is 15.2. The molecule has 566 valence electrons. The molecule has 0 aliphatic rings. The molecule has 4 heterocycles. The summed E-state index contributed by atoms with van der Waals surface area (Å²) in [6.07, 6.45) is 0. The molecule has 0 amide bonds. The van der Waals surface area contributed by atoms with E-state index in [-0.39, 0.29) is 16.7 Å². The predicted octanol–water partition coefficient (Wildman–Crippen LogP) is 32.0. The third-order valence-corrected chi connectivity index (χ3v) is 25.9. The molecule has 0 saturated heterocycles. The zero-order valence-corrected chi connectivity index (χ0v) is 67.6. The minimum atomic E-state index is -0.292. The number of hydrogen-bond acceptors (Lipinski definition) is 4. The van der Waals surface area contributed by atoms with E-state index in [4.69, 9.17) is 0 Å². The summed E-state index contributed by atoms with van der Waals surface area (Å²) >= 11 is 0. The molecule has 0 saturated carbocycles. The van der Waals surface area contributed by atoms with E-state index in [1.807, 2.05) is 0 Å². The largest absolute Gasteiger partial charge is 0.309 e. The second kappa shape index (κ2) is 27.2. The van der Waals surface area contributed by atoms with Gasteiger partial charge in [0, 0.05) is 110 Å². The van der Waals surface area contributed by atoms with Crippen LogP contribution in [0.15, 0.2) is 376 Å². The smallest absolute Gasteiger partial charge is 0.0640 e. The van der Waals surface area contributed by atoms with Crippen LogP contribution in [0.4, 0.5) is 68.2 Å². The summed E-state index contributed by atoms with van der Waals surface area (Å²) in [4.78, 5) is 10.1. The Hall–Kier alpha value is -14.2. The van der Waals surface area contributed by atoms with E-state index in [1.165, 1.54) is 153 Å². The molecule has 6 heteroatoms. The Morgan fingerprint density at radius 2 is 0.466 bits per heavy atom. The first-order chi connectivity index (χ1) is 57.7. The number of hydrogen-bond donors (Lipinski definition) is 0. The maximum Gasteiger partial charge on any atom is 0.0640 e. The Balaban J connectivity index is 0.662. The lowest BCUT2D eigenvalue weighted by atomic mass is 9.71. The van der Waals surface area contributed by atoms with Crippen molar-refractivity contribution < 1.29 is 0 Å². The van der Waals surface area contributed by atoms with Crippen molar-refractivity contribution in [2.75, 3.05) is 19.6 Å². The highest BCUT2D eigenvalue weighted by molar-refractivity contribution is 6.36. The molecule has 118 heavy (non-hydrogen) atoms. The van der Waals surface area contributed by atoms with Crippen LogP contribution < -0.4 is 19.6 Å². The predicted molar refractivity (Wildman–Crippen MR) is 505 cm³/mol. The second-order valence-corrected chi connectivity index (χ2v) is 34.2. The van der Waals surface area contributed by atoms with E-state index >= 15 is 0 Å². The first-order valence-electron chi connectivity index (χ1n) is 41.7. The van der Waals surface area contributed by atoms with Crippen LogP contribution in [0.25, 0.3) is 119 Å². The van der Waals surface area contributed by atoms with E-state index in [0.29, 0.717) is 5.92 Å². The van der Waals surface area contributed by atoms with Gasteiger partial charge in [-0.25, -0.2) is 0 Å². The first-order valence-corrected chi connectivity index (χ1v) is 41.7. The lowest BCUT2D eigenvalue weighted by molar-refractivity contribution is 0.436. The Labute approximate surface area is 687 Å². The average Bonchev–Trinajstić information content (AvgIpc) is 1.52. The monoisotopic (exact) mass is 1520 g/mol. The molecule has 0 spiro atoms. The van der Waals surface area contributed by atoms with Crippen molar-refractivity contribution in [1.82, 2.24) is 8.80 Å². The normalized spacial score (nSPS) is 12.6. The van der Waals surface area contributed by atoms with Crippen molar-refractivity contribution in [2.24, 2.45) is 0 Å². The van der Waals surface area contributed by atoms with E-state index < -0.39 is 0 Å². The summed E-state index contributed by atoms with van der Waals surface area (Å²) in [6.45, 7) is 18.7. The molecule has 0 fully saturated rings. The van der Waals surface area contributed by atoms with Crippen molar-refractivity contribution in [2.45, 2.75) is 78.1 Å². The minimum Gasteiger partial charge on any atom is -0.309 e. The van der Waals surface area contributed by atoms with Gasteiger partial charge in [-0.2, -0.15) is 0 Å². The van der Waals surface area contributed by atoms with E-state index in [0.717, 1.165) is 56.9 Å². The molecule has 4 aromatic heterocycles. The minimum absolute atomic E-state index is 0.00761. The number of para-hydroxylation sites is 6. The SMILES string of the molecule is CC(C)c1ccc(N(c2ccccc2)c2c3ccccc3cc3c2c2cccc4c5c(N(c6ccccc6)c6ccc(C(C)C(C)(C)c7ccc(N(c8ccccc8)c8c9ccccc9cc9c8c8cccc%10c%11c(N(c%12ccccc%12)c%12ccc(C(C)(C)C)cc%12)c%12ccccc%12cc%11n9c%108)cc7)cc6)c6ccccc6cc5n3c24)cc1. The summed E-state index contributed by atoms with van der Waals surface area (Å²) in [5, 5.41) is 19.3. The van der Waals surface area contributed by atoms with Crippen molar-refractivity contribution >= 4 is 188 Å². The lowest BCUT2D eigenvalue weighted by Gasteiger charge is -2.34. The van der Waals surface area contributed by atoms with Crippen molar-refractivity contribution in [3.05, 3.63) is 398 Å². The van der Waals surface area contributed by atoms with Crippen LogP contribution >= 0.6 is 0 Å². The molecule has 1 unspecified atom stereocenters. The molecular formula is C112H88N6. The highest BCUT2D eigenvalue weighted by Crippen LogP contribution is 2.57. The van der Waals surface area contributed by atoms with Gasteiger partial charge in [0.1, 0.15) is 0 Å². The molecule has 0 bridgehead atoms. The highest BCUT2D eigenvalue weighted by Gasteiger charge is 2.35. The molecule has 0 aliphatic heterocycles. The van der Waals surface area contributed by atoms with Crippen molar-refractivity contribution in [3.63, 3.8) is 0 Å². The number of fused-ring (bicyclic) bond motifs is 16. The summed E-state index contributed by atoms with van der Waals surface area (Å²) in [6, 6.07) is 141. The van der Waals surface area contributed by atoms with Crippen LogP contribution in [0, 0.1) is 0 Å². The number of aromatic nitrogens is 2. The van der Waals surface area contributed by atoms with E-state index in [1.54, 1.807) is 0 Å². The van der Waals surface area contributed by atoms with Crippen LogP contribution in [0.3, 0.4) is 0 Å². The second-order valence-electron chi connectivity index (χ2n) is 34.2. The Bertz CT molecular complexity index is 7630. The molecule has 18 aromatic carbocycles. The fourth-order valence-electron chi connectivity index (χ4n) is 19.7. The number of nitrogens with zero attached hydrogens (tertiary/aromatic N) is 6. The molecular weight excluding hydrogens is 1430 g/mol. The van der Waals surface area contributed by atoms with Crippen LogP contribution in [-0.4, -0.2) is 8.80 Å². The summed E-state index contributed by atoms with van der Waals surface area (Å²) in [7, 11) is 0. The van der Waals surface area contributed by atoms with Crippen LogP contribution in [0.2, 0.25) is 0 Å². The summed E-state index contributed by atoms with van der Waals surface area (Å²) in [5.41, 5.74) is 25.5. The average molecular weight is 1520 g/mol. The van der Waals surface area contributed by atoms with E-state index in [9.17, 15) is 0 Å². The molecule has 1 atom stereocenters. The Morgan fingerprint density at radius 1 is 0.229 bits per heavy atom. The topological polar surface area (TPSA) is 21.8 Å². The summed E-state index contributed by atoms with van der Waals surface area (Å²) in [5.74, 6) is 0.536. The van der Waals surface area contributed by atoms with Gasteiger partial charge >= 0.3 is 0 Å². The van der Waals surface area contributed by atoms with Crippen LogP contribution in [0.1, 0.15) is 89.5 Å². The standard InChI is InChI=1S/C112H88N6/c1-71(2)73-51-59-85(60-52-73)113(81-35-13-9-14-36-81)107-89-43-25-21-31-75(89)67-97-101(107)93-47-29-48-94-102-98(117(97)105(93)94)68-76-32-22-26-44-90(76)108(102)114(82-37-15-10-16-38-82)86-61-53-74(54-62-86)72(3)112(7,8)80-57-65-88(66-58-80)116(84-41-19-12-20-42-84)110-92-46-28-24-34-78(92)70-100-104(110)96-50-30-49-95-103-99(118(100)106(95)96)69-77-33-23-27-45-91(77)109(103)115(83-39-17-11-18-40-83)87-63-55-79(56-64-87)111(4,5)6/h9-72H,1-8H3. The van der Waals surface area contributed by atoms with Crippen LogP contribution in [0.5, 0.6) is 0 Å². The molecule has 22 aromatic rings. The van der Waals surface area contributed by atoms with Crippen molar-refractivity contribution in [3.8, 4) is 0 Å².